The summed E-state index contributed by atoms with van der Waals surface area (Å²) < 4.78 is 87.4. The van der Waals surface area contributed by atoms with Crippen LogP contribution < -0.4 is 4.74 Å². The van der Waals surface area contributed by atoms with Crippen molar-refractivity contribution in [3.8, 4) is 5.75 Å². The van der Waals surface area contributed by atoms with Gasteiger partial charge in [0.15, 0.2) is 5.75 Å². The number of methoxy groups -OCH3 is 2. The van der Waals surface area contributed by atoms with Gasteiger partial charge in [-0.2, -0.15) is 8.78 Å². The fourth-order valence-electron chi connectivity index (χ4n) is 2.60. The molecular formula is C19H27F5O4. The summed E-state index contributed by atoms with van der Waals surface area (Å²) in [5, 5.41) is 0. The predicted octanol–water partition coefficient (Wildman–Crippen LogP) is 5.47. The Kier molecular flexibility index (Phi) is 11.3. The number of unbranched alkanes of at least 4 members (excludes halogenated alkanes) is 5. The van der Waals surface area contributed by atoms with Gasteiger partial charge in [0.25, 0.3) is 6.48 Å². The van der Waals surface area contributed by atoms with E-state index in [4.69, 9.17) is 18.9 Å². The molecule has 0 radical (unpaired) electrons. The monoisotopic (exact) mass is 414 g/mol. The summed E-state index contributed by atoms with van der Waals surface area (Å²) in [7, 11) is 2.67. The number of ether oxygens (including phenoxy) is 4. The van der Waals surface area contributed by atoms with Crippen LogP contribution in [0.25, 0.3) is 0 Å². The maximum absolute atomic E-state index is 13.7. The molecule has 1 aromatic carbocycles. The van der Waals surface area contributed by atoms with Crippen molar-refractivity contribution in [2.45, 2.75) is 64.4 Å². The van der Waals surface area contributed by atoms with E-state index in [-0.39, 0.29) is 0 Å². The van der Waals surface area contributed by atoms with E-state index in [2.05, 4.69) is 6.92 Å². The first-order valence-electron chi connectivity index (χ1n) is 9.22. The fourth-order valence-corrected chi connectivity index (χ4v) is 2.60. The molecule has 0 fully saturated rings. The minimum atomic E-state index is -2.24. The Morgan fingerprint density at radius 1 is 0.714 bits per heavy atom. The summed E-state index contributed by atoms with van der Waals surface area (Å²) in [4.78, 5) is 0. The smallest absolute Gasteiger partial charge is 0.271 e. The molecule has 4 nitrogen and oxygen atoms in total. The highest BCUT2D eigenvalue weighted by Gasteiger charge is 2.28. The summed E-state index contributed by atoms with van der Waals surface area (Å²) in [6.07, 6.45) is 5.72. The third-order valence-electron chi connectivity index (χ3n) is 4.15. The van der Waals surface area contributed by atoms with Crippen LogP contribution in [0.3, 0.4) is 0 Å². The van der Waals surface area contributed by atoms with Crippen LogP contribution in [-0.4, -0.2) is 33.4 Å². The van der Waals surface area contributed by atoms with Crippen LogP contribution in [-0.2, 0) is 14.2 Å². The highest BCUT2D eigenvalue weighted by atomic mass is 19.2. The van der Waals surface area contributed by atoms with Gasteiger partial charge in [-0.1, -0.05) is 45.4 Å². The summed E-state index contributed by atoms with van der Waals surface area (Å²) in [5.74, 6) is -11.7. The lowest BCUT2D eigenvalue weighted by Crippen LogP contribution is -2.30. The first kappa shape index (κ1) is 24.6. The van der Waals surface area contributed by atoms with E-state index in [9.17, 15) is 22.0 Å². The van der Waals surface area contributed by atoms with E-state index in [0.29, 0.717) is 6.42 Å². The Hall–Kier alpha value is -1.45. The maximum atomic E-state index is 13.7. The molecule has 162 valence electrons. The highest BCUT2D eigenvalue weighted by molar-refractivity contribution is 5.29. The molecule has 0 heterocycles. The topological polar surface area (TPSA) is 36.9 Å². The maximum Gasteiger partial charge on any atom is 0.271 e. The molecule has 0 aliphatic carbocycles. The van der Waals surface area contributed by atoms with Crippen molar-refractivity contribution in [2.75, 3.05) is 20.8 Å². The van der Waals surface area contributed by atoms with E-state index >= 15 is 0 Å². The molecule has 9 heteroatoms. The first-order valence-corrected chi connectivity index (χ1v) is 9.22. The molecule has 0 saturated carbocycles. The lowest BCUT2D eigenvalue weighted by Gasteiger charge is -2.23. The van der Waals surface area contributed by atoms with Crippen LogP contribution in [0.15, 0.2) is 0 Å². The van der Waals surface area contributed by atoms with Crippen molar-refractivity contribution in [3.63, 3.8) is 0 Å². The largest absolute Gasteiger partial charge is 0.485 e. The third kappa shape index (κ3) is 7.18. The second-order valence-corrected chi connectivity index (χ2v) is 6.28. The standard InChI is InChI=1S/C19H27F5O4/c1-4-5-6-7-8-9-10-12(28-19(25-2)26-3)11-27-18-16(23)14(21)13(20)15(22)17(18)24/h12,19H,4-11H2,1-3H3. The molecule has 1 unspecified atom stereocenters. The average Bonchev–Trinajstić information content (AvgIpc) is 2.70. The summed E-state index contributed by atoms with van der Waals surface area (Å²) >= 11 is 0. The van der Waals surface area contributed by atoms with Crippen molar-refractivity contribution in [1.82, 2.24) is 0 Å². The molecule has 1 rings (SSSR count). The minimum Gasteiger partial charge on any atom is -0.485 e. The SMILES string of the molecule is CCCCCCCCC(COc1c(F)c(F)c(F)c(F)c1F)OC(OC)OC. The van der Waals surface area contributed by atoms with Gasteiger partial charge in [-0.3, -0.25) is 0 Å². The highest BCUT2D eigenvalue weighted by Crippen LogP contribution is 2.29. The molecule has 0 N–H and O–H groups in total. The number of halogens is 5. The zero-order chi connectivity index (χ0) is 21.1. The molecule has 1 aromatic rings. The van der Waals surface area contributed by atoms with Crippen LogP contribution >= 0.6 is 0 Å². The Bertz CT molecular complexity index is 567. The number of rotatable bonds is 14. The van der Waals surface area contributed by atoms with E-state index in [1.807, 2.05) is 0 Å². The van der Waals surface area contributed by atoms with Gasteiger partial charge in [0, 0.05) is 14.2 Å². The van der Waals surface area contributed by atoms with Gasteiger partial charge in [0.1, 0.15) is 6.61 Å². The Morgan fingerprint density at radius 3 is 1.75 bits per heavy atom. The zero-order valence-electron chi connectivity index (χ0n) is 16.3. The molecule has 0 spiro atoms. The first-order chi connectivity index (χ1) is 13.4. The second-order valence-electron chi connectivity index (χ2n) is 6.28. The Labute approximate surface area is 161 Å². The molecule has 1 atom stereocenters. The summed E-state index contributed by atoms with van der Waals surface area (Å²) in [6.45, 7) is 0.623. The van der Waals surface area contributed by atoms with Gasteiger partial charge < -0.3 is 18.9 Å². The normalized spacial score (nSPS) is 12.6. The van der Waals surface area contributed by atoms with Gasteiger partial charge in [-0.25, -0.2) is 13.2 Å². The molecule has 0 saturated heterocycles. The van der Waals surface area contributed by atoms with E-state index in [1.165, 1.54) is 14.2 Å². The van der Waals surface area contributed by atoms with Gasteiger partial charge in [0.2, 0.25) is 29.1 Å². The van der Waals surface area contributed by atoms with Crippen molar-refractivity contribution in [3.05, 3.63) is 29.1 Å². The predicted molar refractivity (Wildman–Crippen MR) is 92.4 cm³/mol. The van der Waals surface area contributed by atoms with Crippen molar-refractivity contribution >= 4 is 0 Å². The Balaban J connectivity index is 2.75. The lowest BCUT2D eigenvalue weighted by molar-refractivity contribution is -0.287. The number of hydrogen-bond donors (Lipinski definition) is 0. The Morgan fingerprint density at radius 2 is 1.21 bits per heavy atom. The van der Waals surface area contributed by atoms with Crippen LogP contribution in [0.2, 0.25) is 0 Å². The fraction of sp³-hybridized carbons (Fsp3) is 0.684. The minimum absolute atomic E-state index is 0.434. The van der Waals surface area contributed by atoms with E-state index in [0.717, 1.165) is 38.5 Å². The van der Waals surface area contributed by atoms with Gasteiger partial charge in [0.05, 0.1) is 6.10 Å². The number of benzene rings is 1. The van der Waals surface area contributed by atoms with Crippen molar-refractivity contribution in [1.29, 1.82) is 0 Å². The average molecular weight is 414 g/mol. The second kappa shape index (κ2) is 12.9. The molecule has 0 amide bonds. The van der Waals surface area contributed by atoms with Gasteiger partial charge in [-0.15, -0.1) is 0 Å². The number of hydrogen-bond acceptors (Lipinski definition) is 4. The molecular weight excluding hydrogens is 387 g/mol. The molecule has 0 aliphatic rings. The van der Waals surface area contributed by atoms with Crippen molar-refractivity contribution in [2.24, 2.45) is 0 Å². The molecule has 0 bridgehead atoms. The van der Waals surface area contributed by atoms with Crippen LogP contribution in [0.4, 0.5) is 22.0 Å². The third-order valence-corrected chi connectivity index (χ3v) is 4.15. The van der Waals surface area contributed by atoms with E-state index < -0.39 is 54.0 Å². The van der Waals surface area contributed by atoms with Crippen LogP contribution in [0.1, 0.15) is 51.9 Å². The molecule has 0 aromatic heterocycles. The zero-order valence-corrected chi connectivity index (χ0v) is 16.3. The van der Waals surface area contributed by atoms with E-state index in [1.54, 1.807) is 0 Å². The molecule has 28 heavy (non-hydrogen) atoms. The van der Waals surface area contributed by atoms with Crippen molar-refractivity contribution < 1.29 is 40.9 Å². The van der Waals surface area contributed by atoms with Crippen LogP contribution in [0, 0.1) is 29.1 Å². The molecule has 0 aliphatic heterocycles. The van der Waals surface area contributed by atoms with Gasteiger partial charge >= 0.3 is 0 Å². The summed E-state index contributed by atoms with van der Waals surface area (Å²) in [6, 6.07) is 0. The summed E-state index contributed by atoms with van der Waals surface area (Å²) in [5.41, 5.74) is 0. The van der Waals surface area contributed by atoms with Crippen LogP contribution in [0.5, 0.6) is 5.75 Å². The van der Waals surface area contributed by atoms with Gasteiger partial charge in [-0.05, 0) is 6.42 Å². The quantitative estimate of drug-likeness (QED) is 0.133. The lowest BCUT2D eigenvalue weighted by atomic mass is 10.1.